The van der Waals surface area contributed by atoms with Crippen LogP contribution in [-0.4, -0.2) is 10.1 Å². The quantitative estimate of drug-likeness (QED) is 0.845. The number of rotatable bonds is 4. The maximum absolute atomic E-state index is 9.18. The summed E-state index contributed by atoms with van der Waals surface area (Å²) in [6.07, 6.45) is 3.60. The maximum Gasteiger partial charge on any atom is 0.115 e. The molecule has 0 radical (unpaired) electrons. The Hall–Kier alpha value is -1.87. The van der Waals surface area contributed by atoms with Crippen molar-refractivity contribution in [2.45, 2.75) is 19.5 Å². The SMILES string of the molecule is CC(NCc1ccc(O)cc1)c1ccncc1. The smallest absolute Gasteiger partial charge is 0.115 e. The summed E-state index contributed by atoms with van der Waals surface area (Å²) >= 11 is 0. The Morgan fingerprint density at radius 1 is 1.12 bits per heavy atom. The molecule has 0 bridgehead atoms. The highest BCUT2D eigenvalue weighted by atomic mass is 16.3. The van der Waals surface area contributed by atoms with Gasteiger partial charge in [-0.3, -0.25) is 4.98 Å². The first-order chi connectivity index (χ1) is 8.25. The lowest BCUT2D eigenvalue weighted by atomic mass is 10.1. The van der Waals surface area contributed by atoms with Gasteiger partial charge < -0.3 is 10.4 Å². The van der Waals surface area contributed by atoms with E-state index in [2.05, 4.69) is 17.2 Å². The second-order valence-corrected chi connectivity index (χ2v) is 4.05. The zero-order valence-corrected chi connectivity index (χ0v) is 9.80. The van der Waals surface area contributed by atoms with Crippen LogP contribution in [0.25, 0.3) is 0 Å². The lowest BCUT2D eigenvalue weighted by molar-refractivity contribution is 0.474. The molecule has 0 saturated carbocycles. The van der Waals surface area contributed by atoms with Gasteiger partial charge >= 0.3 is 0 Å². The number of phenolic OH excluding ortho intramolecular Hbond substituents is 1. The topological polar surface area (TPSA) is 45.1 Å². The predicted molar refractivity (Wildman–Crippen MR) is 67.6 cm³/mol. The molecule has 1 unspecified atom stereocenters. The largest absolute Gasteiger partial charge is 0.508 e. The summed E-state index contributed by atoms with van der Waals surface area (Å²) in [5, 5.41) is 12.6. The van der Waals surface area contributed by atoms with Crippen LogP contribution in [-0.2, 0) is 6.54 Å². The Bertz CT molecular complexity index is 453. The fraction of sp³-hybridized carbons (Fsp3) is 0.214. The number of phenols is 1. The van der Waals surface area contributed by atoms with Crippen LogP contribution >= 0.6 is 0 Å². The van der Waals surface area contributed by atoms with Crippen molar-refractivity contribution in [2.24, 2.45) is 0 Å². The van der Waals surface area contributed by atoms with Crippen molar-refractivity contribution in [3.63, 3.8) is 0 Å². The molecule has 0 fully saturated rings. The number of nitrogens with zero attached hydrogens (tertiary/aromatic N) is 1. The van der Waals surface area contributed by atoms with Crippen molar-refractivity contribution in [3.05, 3.63) is 59.9 Å². The van der Waals surface area contributed by atoms with Gasteiger partial charge in [0.2, 0.25) is 0 Å². The van der Waals surface area contributed by atoms with Crippen molar-refractivity contribution in [1.29, 1.82) is 0 Å². The first-order valence-corrected chi connectivity index (χ1v) is 5.67. The lowest BCUT2D eigenvalue weighted by Gasteiger charge is -2.13. The molecule has 2 rings (SSSR count). The molecular formula is C14H16N2O. The Balaban J connectivity index is 1.92. The van der Waals surface area contributed by atoms with Crippen LogP contribution in [0.1, 0.15) is 24.1 Å². The van der Waals surface area contributed by atoms with Crippen LogP contribution in [0.15, 0.2) is 48.8 Å². The van der Waals surface area contributed by atoms with Crippen LogP contribution in [0, 0.1) is 0 Å². The molecule has 1 atom stereocenters. The molecule has 0 aliphatic carbocycles. The van der Waals surface area contributed by atoms with Crippen molar-refractivity contribution < 1.29 is 5.11 Å². The van der Waals surface area contributed by atoms with Crippen LogP contribution in [0.4, 0.5) is 0 Å². The number of benzene rings is 1. The Morgan fingerprint density at radius 3 is 2.41 bits per heavy atom. The first-order valence-electron chi connectivity index (χ1n) is 5.67. The molecule has 0 amide bonds. The molecule has 0 spiro atoms. The Kier molecular flexibility index (Phi) is 3.73. The highest BCUT2D eigenvalue weighted by Crippen LogP contribution is 2.13. The van der Waals surface area contributed by atoms with Gasteiger partial charge in [-0.25, -0.2) is 0 Å². The molecule has 0 aliphatic heterocycles. The highest BCUT2D eigenvalue weighted by molar-refractivity contribution is 5.26. The summed E-state index contributed by atoms with van der Waals surface area (Å²) in [7, 11) is 0. The minimum Gasteiger partial charge on any atom is -0.508 e. The van der Waals surface area contributed by atoms with Gasteiger partial charge in [-0.05, 0) is 42.3 Å². The monoisotopic (exact) mass is 228 g/mol. The van der Waals surface area contributed by atoms with E-state index < -0.39 is 0 Å². The van der Waals surface area contributed by atoms with E-state index in [1.807, 2.05) is 24.3 Å². The summed E-state index contributed by atoms with van der Waals surface area (Å²) in [6.45, 7) is 2.90. The molecule has 1 aromatic carbocycles. The molecule has 17 heavy (non-hydrogen) atoms. The van der Waals surface area contributed by atoms with Gasteiger partial charge in [-0.2, -0.15) is 0 Å². The summed E-state index contributed by atoms with van der Waals surface area (Å²) in [4.78, 5) is 4.00. The summed E-state index contributed by atoms with van der Waals surface area (Å²) in [6, 6.07) is 11.5. The van der Waals surface area contributed by atoms with Crippen LogP contribution in [0.5, 0.6) is 5.75 Å². The third-order valence-corrected chi connectivity index (χ3v) is 2.75. The Labute approximate surface area is 101 Å². The van der Waals surface area contributed by atoms with E-state index in [1.165, 1.54) is 5.56 Å². The number of aromatic hydroxyl groups is 1. The first kappa shape index (κ1) is 11.6. The van der Waals surface area contributed by atoms with Gasteiger partial charge in [0.25, 0.3) is 0 Å². The van der Waals surface area contributed by atoms with Crippen LogP contribution in [0.3, 0.4) is 0 Å². The van der Waals surface area contributed by atoms with Crippen molar-refractivity contribution in [3.8, 4) is 5.75 Å². The van der Waals surface area contributed by atoms with Gasteiger partial charge in [-0.1, -0.05) is 12.1 Å². The standard InChI is InChI=1S/C14H16N2O/c1-11(13-6-8-15-9-7-13)16-10-12-2-4-14(17)5-3-12/h2-9,11,16-17H,10H2,1H3. The molecule has 2 N–H and O–H groups in total. The number of pyridine rings is 1. The van der Waals surface area contributed by atoms with E-state index in [4.69, 9.17) is 0 Å². The van der Waals surface area contributed by atoms with Gasteiger partial charge in [0.05, 0.1) is 0 Å². The van der Waals surface area contributed by atoms with Crippen molar-refractivity contribution in [1.82, 2.24) is 10.3 Å². The molecule has 88 valence electrons. The van der Waals surface area contributed by atoms with E-state index in [1.54, 1.807) is 24.5 Å². The van der Waals surface area contributed by atoms with Gasteiger partial charge in [0.15, 0.2) is 0 Å². The van der Waals surface area contributed by atoms with E-state index in [9.17, 15) is 5.11 Å². The zero-order chi connectivity index (χ0) is 12.1. The molecule has 3 nitrogen and oxygen atoms in total. The van der Waals surface area contributed by atoms with E-state index in [-0.39, 0.29) is 6.04 Å². The fourth-order valence-electron chi connectivity index (χ4n) is 1.65. The third kappa shape index (κ3) is 3.29. The lowest BCUT2D eigenvalue weighted by Crippen LogP contribution is -2.17. The molecular weight excluding hydrogens is 212 g/mol. The normalized spacial score (nSPS) is 12.3. The van der Waals surface area contributed by atoms with Crippen LogP contribution < -0.4 is 5.32 Å². The van der Waals surface area contributed by atoms with Gasteiger partial charge in [0.1, 0.15) is 5.75 Å². The molecule has 0 saturated heterocycles. The molecule has 0 aliphatic rings. The molecule has 3 heteroatoms. The molecule has 1 aromatic heterocycles. The zero-order valence-electron chi connectivity index (χ0n) is 9.80. The Morgan fingerprint density at radius 2 is 1.76 bits per heavy atom. The number of aromatic nitrogens is 1. The van der Waals surface area contributed by atoms with Gasteiger partial charge in [-0.15, -0.1) is 0 Å². The number of hydrogen-bond acceptors (Lipinski definition) is 3. The summed E-state index contributed by atoms with van der Waals surface area (Å²) in [5.74, 6) is 0.302. The van der Waals surface area contributed by atoms with Crippen molar-refractivity contribution in [2.75, 3.05) is 0 Å². The summed E-state index contributed by atoms with van der Waals surface area (Å²) < 4.78 is 0. The number of nitrogens with one attached hydrogen (secondary N) is 1. The minimum atomic E-state index is 0.284. The molecule has 2 aromatic rings. The van der Waals surface area contributed by atoms with E-state index >= 15 is 0 Å². The second kappa shape index (κ2) is 5.46. The minimum absolute atomic E-state index is 0.284. The second-order valence-electron chi connectivity index (χ2n) is 4.05. The van der Waals surface area contributed by atoms with Crippen molar-refractivity contribution >= 4 is 0 Å². The van der Waals surface area contributed by atoms with Crippen LogP contribution in [0.2, 0.25) is 0 Å². The van der Waals surface area contributed by atoms with E-state index in [0.717, 1.165) is 12.1 Å². The number of hydrogen-bond donors (Lipinski definition) is 2. The maximum atomic E-state index is 9.18. The van der Waals surface area contributed by atoms with Gasteiger partial charge in [0, 0.05) is 25.0 Å². The summed E-state index contributed by atoms with van der Waals surface area (Å²) in [5.41, 5.74) is 2.38. The molecule has 1 heterocycles. The average Bonchev–Trinajstić information content (AvgIpc) is 2.39. The third-order valence-electron chi connectivity index (χ3n) is 2.75. The predicted octanol–water partition coefficient (Wildman–Crippen LogP) is 2.64. The fourth-order valence-corrected chi connectivity index (χ4v) is 1.65. The van der Waals surface area contributed by atoms with E-state index in [0.29, 0.717) is 5.75 Å². The average molecular weight is 228 g/mol. The highest BCUT2D eigenvalue weighted by Gasteiger charge is 2.03.